The van der Waals surface area contributed by atoms with Crippen molar-refractivity contribution in [1.29, 1.82) is 0 Å². The Labute approximate surface area is 155 Å². The lowest BCUT2D eigenvalue weighted by Crippen LogP contribution is -2.55. The van der Waals surface area contributed by atoms with Crippen LogP contribution >= 0.6 is 0 Å². The second kappa shape index (κ2) is 8.32. The van der Waals surface area contributed by atoms with Gasteiger partial charge in [-0.15, -0.1) is 0 Å². The van der Waals surface area contributed by atoms with E-state index in [1.807, 2.05) is 19.1 Å². The zero-order valence-corrected chi connectivity index (χ0v) is 16.0. The molecule has 1 aromatic heterocycles. The van der Waals surface area contributed by atoms with Crippen molar-refractivity contribution in [2.45, 2.75) is 26.2 Å². The van der Waals surface area contributed by atoms with Crippen LogP contribution in [0, 0.1) is 6.92 Å². The van der Waals surface area contributed by atoms with Gasteiger partial charge in [0.1, 0.15) is 0 Å². The van der Waals surface area contributed by atoms with Crippen molar-refractivity contribution in [3.8, 4) is 0 Å². The third-order valence-electron chi connectivity index (χ3n) is 5.00. The summed E-state index contributed by atoms with van der Waals surface area (Å²) in [6, 6.07) is 3.76. The first-order valence-electron chi connectivity index (χ1n) is 9.17. The molecule has 3 heterocycles. The summed E-state index contributed by atoms with van der Waals surface area (Å²) in [7, 11) is -3.37. The highest BCUT2D eigenvalue weighted by Gasteiger charge is 2.34. The van der Waals surface area contributed by atoms with Gasteiger partial charge in [-0.3, -0.25) is 4.98 Å². The third-order valence-corrected chi connectivity index (χ3v) is 7.03. The fraction of sp³-hybridized carbons (Fsp3) is 0.647. The number of hydrogen-bond donors (Lipinski definition) is 1. The molecule has 2 amide bonds. The molecule has 1 aromatic rings. The van der Waals surface area contributed by atoms with Crippen LogP contribution in [0.5, 0.6) is 0 Å². The molecule has 0 radical (unpaired) electrons. The molecule has 144 valence electrons. The Morgan fingerprint density at radius 1 is 1.12 bits per heavy atom. The number of carbonyl (C=O) groups excluding carboxylic acids is 1. The lowest BCUT2D eigenvalue weighted by atomic mass is 10.2. The minimum Gasteiger partial charge on any atom is -0.338 e. The Morgan fingerprint density at radius 2 is 1.77 bits per heavy atom. The number of aryl methyl sites for hydroxylation is 1. The number of nitrogens with zero attached hydrogens (tertiary/aromatic N) is 4. The van der Waals surface area contributed by atoms with Crippen LogP contribution in [0.1, 0.15) is 24.1 Å². The summed E-state index contributed by atoms with van der Waals surface area (Å²) < 4.78 is 28.2. The Hall–Kier alpha value is -1.71. The minimum absolute atomic E-state index is 0.142. The highest BCUT2D eigenvalue weighted by Crippen LogP contribution is 2.18. The second-order valence-corrected chi connectivity index (χ2v) is 8.68. The average Bonchev–Trinajstić information content (AvgIpc) is 3.19. The van der Waals surface area contributed by atoms with Gasteiger partial charge in [-0.05, 0) is 31.4 Å². The monoisotopic (exact) mass is 381 g/mol. The van der Waals surface area contributed by atoms with E-state index in [0.717, 1.165) is 24.1 Å². The number of urea groups is 1. The molecule has 2 aliphatic heterocycles. The summed E-state index contributed by atoms with van der Waals surface area (Å²) in [5.41, 5.74) is 2.09. The van der Waals surface area contributed by atoms with Gasteiger partial charge < -0.3 is 10.2 Å². The quantitative estimate of drug-likeness (QED) is 0.809. The molecule has 0 aromatic carbocycles. The third kappa shape index (κ3) is 4.33. The maximum atomic E-state index is 12.6. The van der Waals surface area contributed by atoms with E-state index in [1.54, 1.807) is 15.4 Å². The molecule has 26 heavy (non-hydrogen) atoms. The second-order valence-electron chi connectivity index (χ2n) is 6.75. The predicted octanol–water partition coefficient (Wildman–Crippen LogP) is 0.600. The summed E-state index contributed by atoms with van der Waals surface area (Å²) >= 11 is 0. The van der Waals surface area contributed by atoms with Crippen molar-refractivity contribution < 1.29 is 13.2 Å². The predicted molar refractivity (Wildman–Crippen MR) is 98.9 cm³/mol. The number of aromatic nitrogens is 1. The number of carbonyl (C=O) groups is 1. The molecule has 2 saturated heterocycles. The highest BCUT2D eigenvalue weighted by atomic mass is 32.2. The average molecular weight is 382 g/mol. The molecule has 9 heteroatoms. The van der Waals surface area contributed by atoms with Gasteiger partial charge in [0.25, 0.3) is 10.2 Å². The van der Waals surface area contributed by atoms with Crippen molar-refractivity contribution in [1.82, 2.24) is 23.8 Å². The van der Waals surface area contributed by atoms with Gasteiger partial charge in [0, 0.05) is 64.1 Å². The van der Waals surface area contributed by atoms with E-state index in [2.05, 4.69) is 10.3 Å². The number of pyridine rings is 1. The lowest BCUT2D eigenvalue weighted by molar-refractivity contribution is 0.170. The summed E-state index contributed by atoms with van der Waals surface area (Å²) in [5, 5.41) is 2.91. The van der Waals surface area contributed by atoms with Gasteiger partial charge in [0.05, 0.1) is 0 Å². The van der Waals surface area contributed by atoms with Crippen LogP contribution in [0.2, 0.25) is 0 Å². The molecule has 1 N–H and O–H groups in total. The molecule has 2 fully saturated rings. The maximum Gasteiger partial charge on any atom is 0.317 e. The molecule has 0 bridgehead atoms. The van der Waals surface area contributed by atoms with Crippen molar-refractivity contribution in [2.24, 2.45) is 0 Å². The Bertz CT molecular complexity index is 726. The number of rotatable bonds is 5. The van der Waals surface area contributed by atoms with Crippen LogP contribution in [0.25, 0.3) is 0 Å². The van der Waals surface area contributed by atoms with E-state index in [-0.39, 0.29) is 6.03 Å². The standard InChI is InChI=1S/C17H27N5O3S/c1-15-5-4-7-18-16(15)6-8-19-17(23)20-11-13-22(14-12-20)26(24,25)21-9-2-3-10-21/h4-5,7H,2-3,6,8-14H2,1H3,(H,19,23). The number of hydrogen-bond acceptors (Lipinski definition) is 4. The van der Waals surface area contributed by atoms with Crippen LogP contribution < -0.4 is 5.32 Å². The first kappa shape index (κ1) is 19.1. The molecule has 0 aliphatic carbocycles. The van der Waals surface area contributed by atoms with E-state index in [9.17, 15) is 13.2 Å². The summed E-state index contributed by atoms with van der Waals surface area (Å²) in [5.74, 6) is 0. The van der Waals surface area contributed by atoms with E-state index in [4.69, 9.17) is 0 Å². The van der Waals surface area contributed by atoms with Gasteiger partial charge in [-0.2, -0.15) is 17.0 Å². The molecule has 2 aliphatic rings. The maximum absolute atomic E-state index is 12.6. The van der Waals surface area contributed by atoms with Crippen molar-refractivity contribution in [3.05, 3.63) is 29.6 Å². The van der Waals surface area contributed by atoms with Gasteiger partial charge in [-0.1, -0.05) is 6.07 Å². The van der Waals surface area contributed by atoms with Gasteiger partial charge in [0.15, 0.2) is 0 Å². The van der Waals surface area contributed by atoms with Gasteiger partial charge >= 0.3 is 6.03 Å². The van der Waals surface area contributed by atoms with Crippen LogP contribution in [0.15, 0.2) is 18.3 Å². The Balaban J connectivity index is 1.44. The molecular formula is C17H27N5O3S. The molecule has 0 saturated carbocycles. The highest BCUT2D eigenvalue weighted by molar-refractivity contribution is 7.86. The lowest BCUT2D eigenvalue weighted by Gasteiger charge is -2.35. The molecular weight excluding hydrogens is 354 g/mol. The SMILES string of the molecule is Cc1cccnc1CCNC(=O)N1CCN(S(=O)(=O)N2CCCC2)CC1. The van der Waals surface area contributed by atoms with E-state index in [1.165, 1.54) is 4.31 Å². The van der Waals surface area contributed by atoms with Crippen LogP contribution in [0.3, 0.4) is 0 Å². The van der Waals surface area contributed by atoms with Gasteiger partial charge in [0.2, 0.25) is 0 Å². The first-order valence-corrected chi connectivity index (χ1v) is 10.6. The van der Waals surface area contributed by atoms with Crippen molar-refractivity contribution >= 4 is 16.2 Å². The molecule has 8 nitrogen and oxygen atoms in total. The number of piperazine rings is 1. The van der Waals surface area contributed by atoms with Gasteiger partial charge in [-0.25, -0.2) is 4.79 Å². The molecule has 0 unspecified atom stereocenters. The molecule has 0 atom stereocenters. The zero-order chi connectivity index (χ0) is 18.6. The fourth-order valence-corrected chi connectivity index (χ4v) is 5.05. The fourth-order valence-electron chi connectivity index (χ4n) is 3.38. The largest absolute Gasteiger partial charge is 0.338 e. The van der Waals surface area contributed by atoms with Crippen LogP contribution in [-0.4, -0.2) is 78.8 Å². The van der Waals surface area contributed by atoms with E-state index in [0.29, 0.717) is 52.2 Å². The smallest absolute Gasteiger partial charge is 0.317 e. The number of amides is 2. The van der Waals surface area contributed by atoms with E-state index >= 15 is 0 Å². The Kier molecular flexibility index (Phi) is 6.10. The first-order chi connectivity index (χ1) is 12.5. The summed E-state index contributed by atoms with van der Waals surface area (Å²) in [4.78, 5) is 18.3. The van der Waals surface area contributed by atoms with E-state index < -0.39 is 10.2 Å². The summed E-state index contributed by atoms with van der Waals surface area (Å²) in [6.45, 7) is 5.28. The number of nitrogens with one attached hydrogen (secondary N) is 1. The Morgan fingerprint density at radius 3 is 2.42 bits per heavy atom. The minimum atomic E-state index is -3.37. The van der Waals surface area contributed by atoms with Crippen molar-refractivity contribution in [2.75, 3.05) is 45.8 Å². The normalized spacial score (nSPS) is 19.7. The molecule has 0 spiro atoms. The van der Waals surface area contributed by atoms with Crippen LogP contribution in [0.4, 0.5) is 4.79 Å². The van der Waals surface area contributed by atoms with Crippen LogP contribution in [-0.2, 0) is 16.6 Å². The summed E-state index contributed by atoms with van der Waals surface area (Å²) in [6.07, 6.45) is 4.29. The van der Waals surface area contributed by atoms with Crippen molar-refractivity contribution in [3.63, 3.8) is 0 Å². The molecule has 3 rings (SSSR count). The zero-order valence-electron chi connectivity index (χ0n) is 15.2. The topological polar surface area (TPSA) is 85.9 Å².